The van der Waals surface area contributed by atoms with Gasteiger partial charge in [-0.2, -0.15) is 0 Å². The summed E-state index contributed by atoms with van der Waals surface area (Å²) in [6.45, 7) is 0. The summed E-state index contributed by atoms with van der Waals surface area (Å²) in [6.07, 6.45) is 4.82. The molecular weight excluding hydrogens is 363 g/mol. The predicted molar refractivity (Wildman–Crippen MR) is 119 cm³/mol. The molecule has 0 atom stereocenters. The van der Waals surface area contributed by atoms with Crippen molar-refractivity contribution in [3.05, 3.63) is 115 Å². The zero-order chi connectivity index (χ0) is 19.4. The fourth-order valence-corrected chi connectivity index (χ4v) is 8.70. The third-order valence-electron chi connectivity index (χ3n) is 5.29. The molecule has 1 aliphatic rings. The van der Waals surface area contributed by atoms with Crippen LogP contribution >= 0.6 is 7.26 Å². The van der Waals surface area contributed by atoms with E-state index in [1.807, 2.05) is 54.6 Å². The van der Waals surface area contributed by atoms with E-state index in [1.54, 1.807) is 0 Å². The van der Waals surface area contributed by atoms with E-state index in [4.69, 9.17) is 0 Å². The zero-order valence-corrected chi connectivity index (χ0v) is 16.4. The van der Waals surface area contributed by atoms with Gasteiger partial charge in [0.25, 0.3) is 0 Å². The molecule has 0 bridgehead atoms. The zero-order valence-electron chi connectivity index (χ0n) is 15.4. The number of carbonyl (C=O) groups is 2. The maximum atomic E-state index is 12.6. The molecule has 4 rings (SSSR count). The molecule has 1 aliphatic carbocycles. The van der Waals surface area contributed by atoms with E-state index in [0.29, 0.717) is 11.7 Å². The number of hydrogen-bond acceptors (Lipinski definition) is 2. The molecule has 28 heavy (non-hydrogen) atoms. The van der Waals surface area contributed by atoms with Crippen LogP contribution in [0.1, 0.15) is 0 Å². The molecule has 0 heterocycles. The number of rotatable bonds is 5. The monoisotopic (exact) mass is 384 g/mol. The van der Waals surface area contributed by atoms with Gasteiger partial charge in [0, 0.05) is 0 Å². The molecule has 0 radical (unpaired) electrons. The van der Waals surface area contributed by atoms with Crippen molar-refractivity contribution in [1.82, 2.24) is 0 Å². The molecule has 0 saturated heterocycles. The summed E-state index contributed by atoms with van der Waals surface area (Å²) >= 11 is 0. The average Bonchev–Trinajstić information content (AvgIpc) is 2.76. The van der Waals surface area contributed by atoms with Crippen molar-refractivity contribution in [2.45, 2.75) is 0 Å². The molecule has 138 valence electrons. The van der Waals surface area contributed by atoms with Gasteiger partial charge in [0.05, 0.1) is 0 Å². The second kappa shape index (κ2) is 7.88. The summed E-state index contributed by atoms with van der Waals surface area (Å²) < 4.78 is 0. The van der Waals surface area contributed by atoms with Gasteiger partial charge in [0.15, 0.2) is 0 Å². The van der Waals surface area contributed by atoms with E-state index in [9.17, 15) is 9.59 Å². The maximum absolute atomic E-state index is 12.6. The van der Waals surface area contributed by atoms with E-state index in [2.05, 4.69) is 36.4 Å². The standard InChI is InChI=1S/C25H21O2P/c26-21-16-17-25(27)20(18-21)19-28(22-10-4-1-5-11-22,23-12-6-2-7-13-23)24-14-8-3-9-15-24/h1-18,28H,19H2. The third kappa shape index (κ3) is 3.40. The molecule has 0 aliphatic heterocycles. The van der Waals surface area contributed by atoms with Crippen LogP contribution in [-0.4, -0.2) is 17.7 Å². The first-order chi connectivity index (χ1) is 13.7. The van der Waals surface area contributed by atoms with Crippen molar-refractivity contribution in [3.8, 4) is 0 Å². The minimum absolute atomic E-state index is 0.0701. The first kappa shape index (κ1) is 18.3. The number of carbonyl (C=O) groups excluding carboxylic acids is 2. The van der Waals surface area contributed by atoms with Crippen LogP contribution in [0.25, 0.3) is 0 Å². The van der Waals surface area contributed by atoms with E-state index in [0.717, 1.165) is 0 Å². The Bertz CT molecular complexity index is 955. The number of allylic oxidation sites excluding steroid dienone is 4. The molecule has 0 saturated carbocycles. The summed E-state index contributed by atoms with van der Waals surface area (Å²) in [5, 5.41) is 3.68. The van der Waals surface area contributed by atoms with Crippen molar-refractivity contribution in [2.24, 2.45) is 0 Å². The van der Waals surface area contributed by atoms with Crippen LogP contribution in [0.15, 0.2) is 115 Å². The van der Waals surface area contributed by atoms with Crippen LogP contribution in [0.3, 0.4) is 0 Å². The van der Waals surface area contributed by atoms with Crippen LogP contribution in [0.5, 0.6) is 0 Å². The molecule has 0 unspecified atom stereocenters. The molecule has 0 fully saturated rings. The van der Waals surface area contributed by atoms with Gasteiger partial charge < -0.3 is 0 Å². The fourth-order valence-electron chi connectivity index (χ4n) is 3.95. The van der Waals surface area contributed by atoms with E-state index < -0.39 is 7.26 Å². The van der Waals surface area contributed by atoms with E-state index >= 15 is 0 Å². The Labute approximate surface area is 165 Å². The first-order valence-electron chi connectivity index (χ1n) is 9.34. The summed E-state index contributed by atoms with van der Waals surface area (Å²) in [6, 6.07) is 31.2. The van der Waals surface area contributed by atoms with Crippen LogP contribution in [-0.2, 0) is 9.59 Å². The molecule has 3 heteroatoms. The van der Waals surface area contributed by atoms with Gasteiger partial charge >= 0.3 is 165 Å². The van der Waals surface area contributed by atoms with Gasteiger partial charge in [-0.05, 0) is 0 Å². The van der Waals surface area contributed by atoms with Gasteiger partial charge in [-0.25, -0.2) is 0 Å². The Kier molecular flexibility index (Phi) is 5.14. The summed E-state index contributed by atoms with van der Waals surface area (Å²) in [4.78, 5) is 24.6. The molecule has 2 nitrogen and oxygen atoms in total. The Hall–Kier alpha value is -3.09. The number of benzene rings is 3. The summed E-state index contributed by atoms with van der Waals surface area (Å²) in [5.74, 6) is -0.189. The van der Waals surface area contributed by atoms with Gasteiger partial charge in [-0.1, -0.05) is 0 Å². The van der Waals surface area contributed by atoms with Crippen molar-refractivity contribution in [1.29, 1.82) is 0 Å². The van der Waals surface area contributed by atoms with Crippen LogP contribution < -0.4 is 15.9 Å². The third-order valence-corrected chi connectivity index (χ3v) is 10.2. The first-order valence-corrected chi connectivity index (χ1v) is 11.5. The molecule has 0 N–H and O–H groups in total. The van der Waals surface area contributed by atoms with E-state index in [-0.39, 0.29) is 11.6 Å². The van der Waals surface area contributed by atoms with Gasteiger partial charge in [-0.3, -0.25) is 0 Å². The number of hydrogen-bond donors (Lipinski definition) is 0. The second-order valence-corrected chi connectivity index (χ2v) is 10.8. The van der Waals surface area contributed by atoms with Crippen molar-refractivity contribution in [2.75, 3.05) is 6.16 Å². The topological polar surface area (TPSA) is 34.1 Å². The van der Waals surface area contributed by atoms with Crippen LogP contribution in [0.2, 0.25) is 0 Å². The number of ketones is 2. The summed E-state index contributed by atoms with van der Waals surface area (Å²) in [7, 11) is -2.56. The van der Waals surface area contributed by atoms with Gasteiger partial charge in [0.1, 0.15) is 0 Å². The Morgan fingerprint density at radius 2 is 1.00 bits per heavy atom. The molecule has 3 aromatic rings. The SMILES string of the molecule is O=C1C=CC(=O)C(C[PH](c2ccccc2)(c2ccccc2)c2ccccc2)=C1. The van der Waals surface area contributed by atoms with Crippen molar-refractivity contribution >= 4 is 34.7 Å². The molecular formula is C25H21O2P. The summed E-state index contributed by atoms with van der Waals surface area (Å²) in [5.41, 5.74) is 0.593. The Balaban J connectivity index is 1.99. The van der Waals surface area contributed by atoms with Gasteiger partial charge in [0.2, 0.25) is 0 Å². The minimum atomic E-state index is -2.56. The molecule has 0 amide bonds. The van der Waals surface area contributed by atoms with Crippen molar-refractivity contribution in [3.63, 3.8) is 0 Å². The normalized spacial score (nSPS) is 14.6. The van der Waals surface area contributed by atoms with Crippen LogP contribution in [0, 0.1) is 0 Å². The van der Waals surface area contributed by atoms with Crippen molar-refractivity contribution < 1.29 is 9.59 Å². The van der Waals surface area contributed by atoms with Gasteiger partial charge in [-0.15, -0.1) is 0 Å². The fraction of sp³-hybridized carbons (Fsp3) is 0.0400. The molecule has 0 spiro atoms. The van der Waals surface area contributed by atoms with E-state index in [1.165, 1.54) is 34.1 Å². The van der Waals surface area contributed by atoms with Crippen LogP contribution in [0.4, 0.5) is 0 Å². The second-order valence-electron chi connectivity index (χ2n) is 6.95. The Morgan fingerprint density at radius 3 is 1.43 bits per heavy atom. The average molecular weight is 384 g/mol. The predicted octanol–water partition coefficient (Wildman–Crippen LogP) is 3.35. The molecule has 0 aromatic heterocycles. The molecule has 3 aromatic carbocycles. The quantitative estimate of drug-likeness (QED) is 0.499. The Morgan fingerprint density at radius 1 is 0.571 bits per heavy atom.